The Kier molecular flexibility index (Phi) is 4.32. The second-order valence-electron chi connectivity index (χ2n) is 1.78. The van der Waals surface area contributed by atoms with E-state index in [0.29, 0.717) is 5.70 Å². The van der Waals surface area contributed by atoms with E-state index in [1.54, 1.807) is 6.92 Å². The molecule has 0 aromatic rings. The fraction of sp³-hybridized carbons (Fsp3) is 0.500. The molecular formula is C6H11NO3. The Morgan fingerprint density at radius 3 is 2.80 bits per heavy atom. The van der Waals surface area contributed by atoms with Crippen molar-refractivity contribution in [2.45, 2.75) is 6.92 Å². The first-order valence-corrected chi connectivity index (χ1v) is 2.88. The third-order valence-electron chi connectivity index (χ3n) is 0.681. The van der Waals surface area contributed by atoms with Gasteiger partial charge in [0.1, 0.15) is 6.61 Å². The lowest BCUT2D eigenvalue weighted by molar-refractivity contribution is -0.138. The molecule has 0 heterocycles. The van der Waals surface area contributed by atoms with E-state index < -0.39 is 5.97 Å². The molecule has 0 bridgehead atoms. The normalized spacial score (nSPS) is 11.2. The molecule has 0 unspecified atom stereocenters. The Morgan fingerprint density at radius 1 is 1.80 bits per heavy atom. The molecular weight excluding hydrogens is 134 g/mol. The van der Waals surface area contributed by atoms with Crippen LogP contribution < -0.4 is 5.73 Å². The zero-order valence-corrected chi connectivity index (χ0v) is 5.83. The van der Waals surface area contributed by atoms with Gasteiger partial charge in [-0.1, -0.05) is 0 Å². The summed E-state index contributed by atoms with van der Waals surface area (Å²) in [7, 11) is 0. The number of rotatable bonds is 3. The summed E-state index contributed by atoms with van der Waals surface area (Å²) in [5.74, 6) is -0.519. The molecule has 0 saturated carbocycles. The Hall–Kier alpha value is -1.03. The third kappa shape index (κ3) is 5.11. The Bertz CT molecular complexity index is 138. The molecule has 10 heavy (non-hydrogen) atoms. The number of nitrogens with two attached hydrogens (primary N) is 1. The fourth-order valence-corrected chi connectivity index (χ4v) is 0.374. The molecule has 0 aliphatic heterocycles. The number of carbonyl (C=O) groups excluding carboxylic acids is 1. The summed E-state index contributed by atoms with van der Waals surface area (Å²) >= 11 is 0. The smallest absolute Gasteiger partial charge is 0.332 e. The molecule has 0 aromatic carbocycles. The Morgan fingerprint density at radius 2 is 2.40 bits per heavy atom. The number of allylic oxidation sites excluding steroid dienone is 1. The molecule has 0 saturated heterocycles. The topological polar surface area (TPSA) is 72.6 Å². The summed E-state index contributed by atoms with van der Waals surface area (Å²) in [5.41, 5.74) is 5.55. The summed E-state index contributed by atoms with van der Waals surface area (Å²) in [4.78, 5) is 10.5. The van der Waals surface area contributed by atoms with Gasteiger partial charge in [-0.15, -0.1) is 0 Å². The van der Waals surface area contributed by atoms with E-state index in [-0.39, 0.29) is 13.2 Å². The lowest BCUT2D eigenvalue weighted by Crippen LogP contribution is -2.07. The van der Waals surface area contributed by atoms with E-state index in [1.165, 1.54) is 0 Å². The van der Waals surface area contributed by atoms with Crippen molar-refractivity contribution >= 4 is 5.97 Å². The van der Waals surface area contributed by atoms with Crippen molar-refractivity contribution in [3.8, 4) is 0 Å². The largest absolute Gasteiger partial charge is 0.460 e. The molecule has 0 rings (SSSR count). The highest BCUT2D eigenvalue weighted by Gasteiger charge is 1.94. The van der Waals surface area contributed by atoms with Crippen LogP contribution in [-0.4, -0.2) is 24.3 Å². The number of ether oxygens (including phenoxy) is 1. The number of carbonyl (C=O) groups is 1. The highest BCUT2D eigenvalue weighted by atomic mass is 16.5. The number of hydrogen-bond acceptors (Lipinski definition) is 4. The van der Waals surface area contributed by atoms with Gasteiger partial charge in [-0.25, -0.2) is 4.79 Å². The van der Waals surface area contributed by atoms with Gasteiger partial charge < -0.3 is 15.6 Å². The molecule has 0 atom stereocenters. The van der Waals surface area contributed by atoms with Crippen LogP contribution in [0.3, 0.4) is 0 Å². The average Bonchev–Trinajstić information content (AvgIpc) is 1.82. The van der Waals surface area contributed by atoms with Gasteiger partial charge in [-0.3, -0.25) is 0 Å². The van der Waals surface area contributed by atoms with Crippen molar-refractivity contribution in [1.82, 2.24) is 0 Å². The Balaban J connectivity index is 3.54. The van der Waals surface area contributed by atoms with Gasteiger partial charge in [0.05, 0.1) is 6.61 Å². The van der Waals surface area contributed by atoms with Crippen LogP contribution in [0.5, 0.6) is 0 Å². The van der Waals surface area contributed by atoms with Crippen molar-refractivity contribution in [1.29, 1.82) is 0 Å². The molecule has 0 spiro atoms. The summed E-state index contributed by atoms with van der Waals surface area (Å²) < 4.78 is 4.46. The minimum absolute atomic E-state index is 0.0165. The van der Waals surface area contributed by atoms with Gasteiger partial charge in [0.25, 0.3) is 0 Å². The van der Waals surface area contributed by atoms with Gasteiger partial charge in [0.15, 0.2) is 0 Å². The first-order valence-electron chi connectivity index (χ1n) is 2.88. The van der Waals surface area contributed by atoms with Crippen LogP contribution in [0.2, 0.25) is 0 Å². The van der Waals surface area contributed by atoms with Crippen molar-refractivity contribution in [3.63, 3.8) is 0 Å². The SMILES string of the molecule is C/C(N)=C/C(=O)OCCO. The average molecular weight is 145 g/mol. The van der Waals surface area contributed by atoms with Gasteiger partial charge in [-0.05, 0) is 6.92 Å². The van der Waals surface area contributed by atoms with E-state index in [1.807, 2.05) is 0 Å². The van der Waals surface area contributed by atoms with Crippen molar-refractivity contribution < 1.29 is 14.6 Å². The summed E-state index contributed by atoms with van der Waals surface area (Å²) in [6.07, 6.45) is 1.16. The van der Waals surface area contributed by atoms with Crippen LogP contribution in [-0.2, 0) is 9.53 Å². The van der Waals surface area contributed by atoms with Crippen LogP contribution in [0.1, 0.15) is 6.92 Å². The number of hydrogen-bond donors (Lipinski definition) is 2. The van der Waals surface area contributed by atoms with Crippen LogP contribution in [0.15, 0.2) is 11.8 Å². The molecule has 3 N–H and O–H groups in total. The van der Waals surface area contributed by atoms with Crippen LogP contribution in [0.4, 0.5) is 0 Å². The second-order valence-corrected chi connectivity index (χ2v) is 1.78. The second kappa shape index (κ2) is 4.81. The molecule has 4 heteroatoms. The zero-order valence-electron chi connectivity index (χ0n) is 5.83. The molecule has 0 amide bonds. The molecule has 0 aliphatic carbocycles. The molecule has 0 radical (unpaired) electrons. The minimum atomic E-state index is -0.519. The monoisotopic (exact) mass is 145 g/mol. The quantitative estimate of drug-likeness (QED) is 0.410. The zero-order chi connectivity index (χ0) is 7.98. The molecule has 0 aliphatic rings. The first-order chi connectivity index (χ1) is 4.66. The van der Waals surface area contributed by atoms with Crippen molar-refractivity contribution in [2.75, 3.05) is 13.2 Å². The summed E-state index contributed by atoms with van der Waals surface area (Å²) in [5, 5.41) is 8.22. The van der Waals surface area contributed by atoms with Crippen molar-refractivity contribution in [3.05, 3.63) is 11.8 Å². The van der Waals surface area contributed by atoms with Gasteiger partial charge in [-0.2, -0.15) is 0 Å². The van der Waals surface area contributed by atoms with E-state index in [2.05, 4.69) is 4.74 Å². The maximum absolute atomic E-state index is 10.5. The first kappa shape index (κ1) is 8.97. The summed E-state index contributed by atoms with van der Waals surface area (Å²) in [6.45, 7) is 1.44. The van der Waals surface area contributed by atoms with E-state index >= 15 is 0 Å². The lowest BCUT2D eigenvalue weighted by atomic mass is 10.4. The van der Waals surface area contributed by atoms with Crippen molar-refractivity contribution in [2.24, 2.45) is 5.73 Å². The van der Waals surface area contributed by atoms with E-state index in [9.17, 15) is 4.79 Å². The maximum Gasteiger partial charge on any atom is 0.332 e. The van der Waals surface area contributed by atoms with Crippen LogP contribution in [0, 0.1) is 0 Å². The minimum Gasteiger partial charge on any atom is -0.460 e. The predicted molar refractivity (Wildman–Crippen MR) is 36.0 cm³/mol. The highest BCUT2D eigenvalue weighted by molar-refractivity contribution is 5.82. The van der Waals surface area contributed by atoms with Gasteiger partial charge in [0, 0.05) is 11.8 Å². The van der Waals surface area contributed by atoms with Crippen LogP contribution >= 0.6 is 0 Å². The molecule has 4 nitrogen and oxygen atoms in total. The molecule has 0 fully saturated rings. The van der Waals surface area contributed by atoms with Gasteiger partial charge in [0.2, 0.25) is 0 Å². The third-order valence-corrected chi connectivity index (χ3v) is 0.681. The maximum atomic E-state index is 10.5. The number of aliphatic hydroxyl groups is 1. The summed E-state index contributed by atoms with van der Waals surface area (Å²) in [6, 6.07) is 0. The molecule has 58 valence electrons. The Labute approximate surface area is 59.3 Å². The van der Waals surface area contributed by atoms with E-state index in [0.717, 1.165) is 6.08 Å². The molecule has 0 aromatic heterocycles. The number of esters is 1. The van der Waals surface area contributed by atoms with E-state index in [4.69, 9.17) is 10.8 Å². The highest BCUT2D eigenvalue weighted by Crippen LogP contribution is 1.84. The fourth-order valence-electron chi connectivity index (χ4n) is 0.374. The lowest BCUT2D eigenvalue weighted by Gasteiger charge is -1.96. The number of aliphatic hydroxyl groups excluding tert-OH is 1. The predicted octanol–water partition coefficient (Wildman–Crippen LogP) is -0.616. The van der Waals surface area contributed by atoms with Crippen LogP contribution in [0.25, 0.3) is 0 Å². The standard InChI is InChI=1S/C6H11NO3/c1-5(7)4-6(9)10-3-2-8/h4,8H,2-3,7H2,1H3/b5-4-. The van der Waals surface area contributed by atoms with Gasteiger partial charge >= 0.3 is 5.97 Å².